The lowest BCUT2D eigenvalue weighted by Crippen LogP contribution is -2.56. The van der Waals surface area contributed by atoms with Gasteiger partial charge in [-0.15, -0.1) is 0 Å². The van der Waals surface area contributed by atoms with Crippen LogP contribution in [0.25, 0.3) is 0 Å². The molecule has 4 atom stereocenters. The molecule has 168 valence electrons. The summed E-state index contributed by atoms with van der Waals surface area (Å²) in [5.41, 5.74) is 0. The summed E-state index contributed by atoms with van der Waals surface area (Å²) in [6.07, 6.45) is 4.57. The molecule has 3 rings (SSSR count). The molecule has 0 aromatic heterocycles. The Morgan fingerprint density at radius 1 is 1.00 bits per heavy atom. The molecule has 3 amide bonds. The SMILES string of the molecule is CC(C)CC(NC(=O)C1CCCN1C(=O)C1CCCN1)C(=O)N1CCCC1C(=O)O. The van der Waals surface area contributed by atoms with Gasteiger partial charge in [-0.3, -0.25) is 14.4 Å². The third-order valence-electron chi connectivity index (χ3n) is 6.34. The van der Waals surface area contributed by atoms with Crippen LogP contribution in [-0.4, -0.2) is 82.4 Å². The summed E-state index contributed by atoms with van der Waals surface area (Å²) >= 11 is 0. The monoisotopic (exact) mass is 422 g/mol. The highest BCUT2D eigenvalue weighted by atomic mass is 16.4. The van der Waals surface area contributed by atoms with Crippen LogP contribution in [0.3, 0.4) is 0 Å². The lowest BCUT2D eigenvalue weighted by atomic mass is 10.0. The van der Waals surface area contributed by atoms with Crippen molar-refractivity contribution in [1.82, 2.24) is 20.4 Å². The summed E-state index contributed by atoms with van der Waals surface area (Å²) < 4.78 is 0. The molecule has 3 fully saturated rings. The standard InChI is InChI=1S/C21H34N4O5/c1-13(2)12-15(20(28)25-11-5-8-17(25)21(29)30)23-18(26)16-7-4-10-24(16)19(27)14-6-3-9-22-14/h13-17,22H,3-12H2,1-2H3,(H,23,26)(H,29,30). The van der Waals surface area contributed by atoms with E-state index in [1.807, 2.05) is 13.8 Å². The maximum atomic E-state index is 13.1. The van der Waals surface area contributed by atoms with E-state index in [0.29, 0.717) is 38.8 Å². The fourth-order valence-electron chi connectivity index (χ4n) is 4.85. The first-order chi connectivity index (χ1) is 14.3. The highest BCUT2D eigenvalue weighted by molar-refractivity contribution is 5.94. The lowest BCUT2D eigenvalue weighted by molar-refractivity contribution is -0.150. The fourth-order valence-corrected chi connectivity index (χ4v) is 4.85. The van der Waals surface area contributed by atoms with E-state index in [0.717, 1.165) is 25.8 Å². The largest absolute Gasteiger partial charge is 0.480 e. The molecule has 3 N–H and O–H groups in total. The molecule has 30 heavy (non-hydrogen) atoms. The minimum absolute atomic E-state index is 0.0395. The van der Waals surface area contributed by atoms with Crippen LogP contribution in [0.2, 0.25) is 0 Å². The minimum Gasteiger partial charge on any atom is -0.480 e. The van der Waals surface area contributed by atoms with Gasteiger partial charge in [0.1, 0.15) is 18.1 Å². The predicted molar refractivity (Wildman–Crippen MR) is 110 cm³/mol. The summed E-state index contributed by atoms with van der Waals surface area (Å²) in [6.45, 7) is 5.67. The molecule has 0 aromatic rings. The summed E-state index contributed by atoms with van der Waals surface area (Å²) in [5.74, 6) is -1.55. The maximum absolute atomic E-state index is 13.1. The van der Waals surface area contributed by atoms with E-state index in [1.165, 1.54) is 4.90 Å². The van der Waals surface area contributed by atoms with Gasteiger partial charge in [0.15, 0.2) is 0 Å². The molecule has 0 radical (unpaired) electrons. The third kappa shape index (κ3) is 4.94. The summed E-state index contributed by atoms with van der Waals surface area (Å²) in [4.78, 5) is 53.6. The number of hydrogen-bond acceptors (Lipinski definition) is 5. The van der Waals surface area contributed by atoms with Gasteiger partial charge < -0.3 is 25.5 Å². The number of carbonyl (C=O) groups is 4. The molecule has 0 aromatic carbocycles. The second-order valence-corrected chi connectivity index (χ2v) is 9.06. The number of aliphatic carboxylic acids is 1. The topological polar surface area (TPSA) is 119 Å². The number of nitrogens with one attached hydrogen (secondary N) is 2. The maximum Gasteiger partial charge on any atom is 0.326 e. The second-order valence-electron chi connectivity index (χ2n) is 9.06. The number of amides is 3. The fraction of sp³-hybridized carbons (Fsp3) is 0.810. The molecular formula is C21H34N4O5. The first-order valence-corrected chi connectivity index (χ1v) is 11.2. The smallest absolute Gasteiger partial charge is 0.326 e. The van der Waals surface area contributed by atoms with Crippen molar-refractivity contribution in [2.45, 2.75) is 83.0 Å². The number of nitrogens with zero attached hydrogens (tertiary/aromatic N) is 2. The zero-order chi connectivity index (χ0) is 21.8. The number of rotatable bonds is 7. The van der Waals surface area contributed by atoms with Crippen molar-refractivity contribution >= 4 is 23.7 Å². The average molecular weight is 423 g/mol. The minimum atomic E-state index is -1.01. The van der Waals surface area contributed by atoms with Gasteiger partial charge in [-0.1, -0.05) is 13.8 Å². The highest BCUT2D eigenvalue weighted by Crippen LogP contribution is 2.23. The van der Waals surface area contributed by atoms with Crippen LogP contribution >= 0.6 is 0 Å². The Morgan fingerprint density at radius 3 is 2.27 bits per heavy atom. The van der Waals surface area contributed by atoms with Crippen molar-refractivity contribution in [2.24, 2.45) is 5.92 Å². The van der Waals surface area contributed by atoms with Crippen LogP contribution in [0.15, 0.2) is 0 Å². The molecule has 9 nitrogen and oxygen atoms in total. The van der Waals surface area contributed by atoms with Crippen molar-refractivity contribution in [3.05, 3.63) is 0 Å². The predicted octanol–water partition coefficient (Wildman–Crippen LogP) is 0.336. The quantitative estimate of drug-likeness (QED) is 0.544. The molecule has 0 saturated carbocycles. The number of hydrogen-bond donors (Lipinski definition) is 3. The van der Waals surface area contributed by atoms with E-state index in [2.05, 4.69) is 10.6 Å². The van der Waals surface area contributed by atoms with Crippen LogP contribution < -0.4 is 10.6 Å². The first-order valence-electron chi connectivity index (χ1n) is 11.2. The Kier molecular flexibility index (Phi) is 7.33. The summed E-state index contributed by atoms with van der Waals surface area (Å²) in [6, 6.07) is -2.41. The Morgan fingerprint density at radius 2 is 1.67 bits per heavy atom. The van der Waals surface area contributed by atoms with E-state index in [9.17, 15) is 24.3 Å². The Bertz CT molecular complexity index is 676. The van der Waals surface area contributed by atoms with Gasteiger partial charge in [-0.2, -0.15) is 0 Å². The van der Waals surface area contributed by atoms with Gasteiger partial charge in [0.2, 0.25) is 17.7 Å². The van der Waals surface area contributed by atoms with Crippen molar-refractivity contribution in [1.29, 1.82) is 0 Å². The number of likely N-dealkylation sites (tertiary alicyclic amines) is 2. The molecular weight excluding hydrogens is 388 g/mol. The van der Waals surface area contributed by atoms with E-state index >= 15 is 0 Å². The van der Waals surface area contributed by atoms with Gasteiger partial charge >= 0.3 is 5.97 Å². The van der Waals surface area contributed by atoms with Gasteiger partial charge in [-0.05, 0) is 57.4 Å². The van der Waals surface area contributed by atoms with Crippen LogP contribution in [0, 0.1) is 5.92 Å². The normalized spacial score (nSPS) is 27.5. The van der Waals surface area contributed by atoms with Gasteiger partial charge in [-0.25, -0.2) is 4.79 Å². The first kappa shape index (κ1) is 22.5. The average Bonchev–Trinajstić information content (AvgIpc) is 3.46. The zero-order valence-electron chi connectivity index (χ0n) is 17.9. The summed E-state index contributed by atoms with van der Waals surface area (Å²) in [5, 5.41) is 15.5. The lowest BCUT2D eigenvalue weighted by Gasteiger charge is -2.31. The Hall–Kier alpha value is -2.16. The van der Waals surface area contributed by atoms with Crippen molar-refractivity contribution < 1.29 is 24.3 Å². The van der Waals surface area contributed by atoms with Gasteiger partial charge in [0, 0.05) is 13.1 Å². The highest BCUT2D eigenvalue weighted by Gasteiger charge is 2.41. The van der Waals surface area contributed by atoms with Gasteiger partial charge in [0.05, 0.1) is 6.04 Å². The molecule has 0 bridgehead atoms. The van der Waals surface area contributed by atoms with E-state index < -0.39 is 24.1 Å². The molecule has 3 saturated heterocycles. The molecule has 4 unspecified atom stereocenters. The van der Waals surface area contributed by atoms with Crippen LogP contribution in [0.5, 0.6) is 0 Å². The van der Waals surface area contributed by atoms with Crippen molar-refractivity contribution in [2.75, 3.05) is 19.6 Å². The Labute approximate surface area is 177 Å². The molecule has 9 heteroatoms. The van der Waals surface area contributed by atoms with E-state index in [1.54, 1.807) is 4.90 Å². The van der Waals surface area contributed by atoms with Crippen LogP contribution in [-0.2, 0) is 19.2 Å². The molecule has 0 aliphatic carbocycles. The zero-order valence-corrected chi connectivity index (χ0v) is 17.9. The summed E-state index contributed by atoms with van der Waals surface area (Å²) in [7, 11) is 0. The van der Waals surface area contributed by atoms with E-state index in [4.69, 9.17) is 0 Å². The van der Waals surface area contributed by atoms with Gasteiger partial charge in [0.25, 0.3) is 0 Å². The molecule has 0 spiro atoms. The Balaban J connectivity index is 1.69. The molecule has 3 aliphatic heterocycles. The number of carboxylic acids is 1. The number of carbonyl (C=O) groups excluding carboxylic acids is 3. The van der Waals surface area contributed by atoms with Crippen LogP contribution in [0.1, 0.15) is 58.8 Å². The third-order valence-corrected chi connectivity index (χ3v) is 6.34. The molecule has 3 heterocycles. The van der Waals surface area contributed by atoms with Crippen LogP contribution in [0.4, 0.5) is 0 Å². The van der Waals surface area contributed by atoms with Crippen molar-refractivity contribution in [3.8, 4) is 0 Å². The van der Waals surface area contributed by atoms with Crippen molar-refractivity contribution in [3.63, 3.8) is 0 Å². The molecule has 3 aliphatic rings. The second kappa shape index (κ2) is 9.76. The number of carboxylic acid groups (broad SMARTS) is 1. The van der Waals surface area contributed by atoms with E-state index in [-0.39, 0.29) is 29.7 Å².